The minimum atomic E-state index is -4.27. The first-order chi connectivity index (χ1) is 18.7. The number of aromatic nitrogens is 1. The Morgan fingerprint density at radius 1 is 1.00 bits per heavy atom. The Morgan fingerprint density at radius 2 is 1.69 bits per heavy atom. The van der Waals surface area contributed by atoms with Gasteiger partial charge in [0.05, 0.1) is 15.6 Å². The van der Waals surface area contributed by atoms with E-state index in [4.69, 9.17) is 0 Å². The molecule has 0 radical (unpaired) electrons. The summed E-state index contributed by atoms with van der Waals surface area (Å²) in [6, 6.07) is 23.0. The lowest BCUT2D eigenvalue weighted by Gasteiger charge is -2.17. The molecule has 0 aliphatic carbocycles. The van der Waals surface area contributed by atoms with E-state index in [1.165, 1.54) is 48.5 Å². The van der Waals surface area contributed by atoms with Crippen molar-refractivity contribution in [1.29, 1.82) is 0 Å². The predicted octanol–water partition coefficient (Wildman–Crippen LogP) is 7.54. The Labute approximate surface area is 239 Å². The van der Waals surface area contributed by atoms with Gasteiger partial charge in [0.15, 0.2) is 0 Å². The van der Waals surface area contributed by atoms with Crippen LogP contribution in [0.5, 0.6) is 0 Å². The number of rotatable bonds is 6. The highest BCUT2D eigenvalue weighted by Gasteiger charge is 2.22. The third kappa shape index (κ3) is 7.08. The number of fused-ring (bicyclic) bond motifs is 2. The highest BCUT2D eigenvalue weighted by Crippen LogP contribution is 2.45. The first-order valence-corrected chi connectivity index (χ1v) is 15.8. The quantitative estimate of drug-likeness (QED) is 0.135. The number of nitrogens with zero attached hydrogens (tertiary/aromatic N) is 2. The molecule has 39 heavy (non-hydrogen) atoms. The third-order valence-corrected chi connectivity index (χ3v) is 9.30. The Hall–Kier alpha value is -3.17. The fourth-order valence-corrected chi connectivity index (χ4v) is 6.90. The predicted molar refractivity (Wildman–Crippen MR) is 163 cm³/mol. The molecule has 1 aromatic heterocycles. The molecule has 3 aromatic carbocycles. The number of para-hydroxylation sites is 2. The van der Waals surface area contributed by atoms with Crippen molar-refractivity contribution in [2.45, 2.75) is 44.0 Å². The van der Waals surface area contributed by atoms with Gasteiger partial charge in [-0.3, -0.25) is 0 Å². The SMILES string of the molecule is CCN1\C(=C/C=C(C)/C=C/c2sc3ccccc3[n+]2CC)Sc2ccccc21.Cc1ccc(S(=O)(=O)[O-])cc1. The van der Waals surface area contributed by atoms with Gasteiger partial charge in [0.2, 0.25) is 5.52 Å². The lowest BCUT2D eigenvalue weighted by atomic mass is 10.2. The van der Waals surface area contributed by atoms with Crippen LogP contribution in [-0.4, -0.2) is 19.5 Å². The van der Waals surface area contributed by atoms with Crippen LogP contribution in [0.3, 0.4) is 0 Å². The average molecular weight is 577 g/mol. The standard InChI is InChI=1S/C24H25N2S2.C7H8O3S/c1-4-25-19-10-6-8-12-21(19)27-23(25)16-14-18(3)15-17-24-26(5-2)20-11-7-9-13-22(20)28-24;1-6-2-4-7(5-3-6)11(8,9)10/h6-17H,4-5H2,1-3H3;2-5H,1H3,(H,8,9,10)/q+1;/p-1. The molecule has 1 aliphatic heterocycles. The van der Waals surface area contributed by atoms with Gasteiger partial charge >= 0.3 is 0 Å². The maximum atomic E-state index is 10.4. The molecule has 8 heteroatoms. The molecular formula is C31H32N2O3S3. The molecule has 0 unspecified atom stereocenters. The van der Waals surface area contributed by atoms with Crippen LogP contribution in [0.15, 0.2) is 111 Å². The van der Waals surface area contributed by atoms with Gasteiger partial charge in [-0.1, -0.05) is 82.8 Å². The van der Waals surface area contributed by atoms with Gasteiger partial charge in [-0.25, -0.2) is 8.42 Å². The van der Waals surface area contributed by atoms with Crippen molar-refractivity contribution in [2.24, 2.45) is 0 Å². The zero-order valence-corrected chi connectivity index (χ0v) is 24.9. The van der Waals surface area contributed by atoms with Crippen LogP contribution >= 0.6 is 23.1 Å². The smallest absolute Gasteiger partial charge is 0.262 e. The van der Waals surface area contributed by atoms with Gasteiger partial charge in [-0.05, 0) is 64.1 Å². The minimum Gasteiger partial charge on any atom is -0.744 e. The van der Waals surface area contributed by atoms with Crippen LogP contribution < -0.4 is 9.47 Å². The molecule has 4 aromatic rings. The van der Waals surface area contributed by atoms with Gasteiger partial charge in [0.25, 0.3) is 5.01 Å². The largest absolute Gasteiger partial charge is 0.744 e. The third-order valence-electron chi connectivity index (χ3n) is 6.19. The van der Waals surface area contributed by atoms with E-state index in [0.717, 1.165) is 18.7 Å². The van der Waals surface area contributed by atoms with Crippen LogP contribution in [0.1, 0.15) is 31.3 Å². The van der Waals surface area contributed by atoms with E-state index in [9.17, 15) is 13.0 Å². The maximum Gasteiger partial charge on any atom is 0.262 e. The fraction of sp³-hybridized carbons (Fsp3) is 0.194. The zero-order valence-electron chi connectivity index (χ0n) is 22.5. The van der Waals surface area contributed by atoms with Gasteiger partial charge < -0.3 is 9.45 Å². The van der Waals surface area contributed by atoms with Crippen molar-refractivity contribution in [1.82, 2.24) is 0 Å². The van der Waals surface area contributed by atoms with Crippen molar-refractivity contribution >= 4 is 55.2 Å². The van der Waals surface area contributed by atoms with Crippen LogP contribution in [0.4, 0.5) is 5.69 Å². The summed E-state index contributed by atoms with van der Waals surface area (Å²) < 4.78 is 34.9. The Balaban J connectivity index is 0.000000270. The molecule has 0 amide bonds. The molecule has 0 bridgehead atoms. The zero-order chi connectivity index (χ0) is 28.0. The number of thioether (sulfide) groups is 1. The van der Waals surface area contributed by atoms with Crippen molar-refractivity contribution in [2.75, 3.05) is 11.4 Å². The number of hydrogen-bond acceptors (Lipinski definition) is 6. The van der Waals surface area contributed by atoms with Crippen LogP contribution in [0.25, 0.3) is 16.3 Å². The summed E-state index contributed by atoms with van der Waals surface area (Å²) >= 11 is 3.70. The second kappa shape index (κ2) is 12.8. The topological polar surface area (TPSA) is 64.3 Å². The summed E-state index contributed by atoms with van der Waals surface area (Å²) in [5.74, 6) is 0. The summed E-state index contributed by atoms with van der Waals surface area (Å²) in [5.41, 5.74) is 4.81. The number of benzene rings is 3. The Kier molecular flexibility index (Phi) is 9.45. The van der Waals surface area contributed by atoms with Crippen molar-refractivity contribution in [3.8, 4) is 0 Å². The summed E-state index contributed by atoms with van der Waals surface area (Å²) in [6.45, 7) is 10.4. The lowest BCUT2D eigenvalue weighted by molar-refractivity contribution is -0.665. The number of anilines is 1. The van der Waals surface area contributed by atoms with Crippen molar-refractivity contribution in [3.63, 3.8) is 0 Å². The highest BCUT2D eigenvalue weighted by molar-refractivity contribution is 8.03. The summed E-state index contributed by atoms with van der Waals surface area (Å²) in [7, 11) is -4.27. The molecular weight excluding hydrogens is 545 g/mol. The molecule has 0 spiro atoms. The fourth-order valence-electron chi connectivity index (χ4n) is 4.17. The molecule has 1 aliphatic rings. The molecule has 202 valence electrons. The van der Waals surface area contributed by atoms with Crippen LogP contribution in [0, 0.1) is 6.92 Å². The van der Waals surface area contributed by atoms with E-state index in [1.807, 2.05) is 30.0 Å². The molecule has 0 N–H and O–H groups in total. The molecule has 0 atom stereocenters. The molecule has 5 rings (SSSR count). The van der Waals surface area contributed by atoms with Gasteiger partial charge in [0, 0.05) is 23.6 Å². The number of thiazole rings is 1. The summed E-state index contributed by atoms with van der Waals surface area (Å²) in [6.07, 6.45) is 8.92. The minimum absolute atomic E-state index is 0.178. The van der Waals surface area contributed by atoms with E-state index in [2.05, 4.69) is 103 Å². The number of allylic oxidation sites excluding steroid dienone is 4. The number of hydrogen-bond donors (Lipinski definition) is 0. The molecule has 0 saturated heterocycles. The van der Waals surface area contributed by atoms with Gasteiger partial charge in [-0.2, -0.15) is 4.57 Å². The Bertz CT molecular complexity index is 1650. The molecule has 0 fully saturated rings. The summed E-state index contributed by atoms with van der Waals surface area (Å²) in [5, 5.41) is 2.59. The van der Waals surface area contributed by atoms with E-state index >= 15 is 0 Å². The van der Waals surface area contributed by atoms with E-state index in [1.54, 1.807) is 12.1 Å². The monoisotopic (exact) mass is 576 g/mol. The van der Waals surface area contributed by atoms with Crippen molar-refractivity contribution < 1.29 is 17.5 Å². The van der Waals surface area contributed by atoms with Gasteiger partial charge in [-0.15, -0.1) is 0 Å². The average Bonchev–Trinajstić information content (AvgIpc) is 3.47. The summed E-state index contributed by atoms with van der Waals surface area (Å²) in [4.78, 5) is 3.54. The van der Waals surface area contributed by atoms with E-state index < -0.39 is 10.1 Å². The van der Waals surface area contributed by atoms with Crippen LogP contribution in [-0.2, 0) is 16.7 Å². The molecule has 5 nitrogen and oxygen atoms in total. The second-order valence-electron chi connectivity index (χ2n) is 8.98. The molecule has 0 saturated carbocycles. The first-order valence-electron chi connectivity index (χ1n) is 12.8. The van der Waals surface area contributed by atoms with Gasteiger partial charge in [0.1, 0.15) is 21.4 Å². The number of aryl methyl sites for hydroxylation is 2. The Morgan fingerprint density at radius 3 is 2.38 bits per heavy atom. The normalized spacial score (nSPS) is 14.6. The second-order valence-corrected chi connectivity index (χ2v) is 12.5. The molecule has 2 heterocycles. The first kappa shape index (κ1) is 28.8. The lowest BCUT2D eigenvalue weighted by Crippen LogP contribution is -2.33. The maximum absolute atomic E-state index is 10.4. The highest BCUT2D eigenvalue weighted by atomic mass is 32.2. The van der Waals surface area contributed by atoms with E-state index in [0.29, 0.717) is 0 Å². The van der Waals surface area contributed by atoms with Crippen LogP contribution in [0.2, 0.25) is 0 Å². The van der Waals surface area contributed by atoms with Crippen molar-refractivity contribution in [3.05, 3.63) is 112 Å². The van der Waals surface area contributed by atoms with E-state index in [-0.39, 0.29) is 4.90 Å².